The SMILES string of the molecule is COc1cc([C@@H](C)N)ccc1OCc1ccn(C(C)C)n1. The molecule has 2 N–H and O–H groups in total. The van der Waals surface area contributed by atoms with Gasteiger partial charge in [-0.15, -0.1) is 0 Å². The smallest absolute Gasteiger partial charge is 0.161 e. The monoisotopic (exact) mass is 289 g/mol. The highest BCUT2D eigenvalue weighted by molar-refractivity contribution is 5.43. The van der Waals surface area contributed by atoms with E-state index in [0.29, 0.717) is 24.1 Å². The van der Waals surface area contributed by atoms with Crippen LogP contribution < -0.4 is 15.2 Å². The van der Waals surface area contributed by atoms with Gasteiger partial charge in [0.1, 0.15) is 6.61 Å². The molecule has 0 spiro atoms. The van der Waals surface area contributed by atoms with Gasteiger partial charge < -0.3 is 15.2 Å². The van der Waals surface area contributed by atoms with Crippen molar-refractivity contribution in [1.29, 1.82) is 0 Å². The second-order valence-electron chi connectivity index (χ2n) is 5.37. The normalized spacial score (nSPS) is 12.5. The highest BCUT2D eigenvalue weighted by Crippen LogP contribution is 2.30. The van der Waals surface area contributed by atoms with Crippen molar-refractivity contribution in [2.24, 2.45) is 5.73 Å². The lowest BCUT2D eigenvalue weighted by atomic mass is 10.1. The number of benzene rings is 1. The first-order valence-corrected chi connectivity index (χ1v) is 7.11. The topological polar surface area (TPSA) is 62.3 Å². The molecule has 1 aromatic carbocycles. The lowest BCUT2D eigenvalue weighted by Crippen LogP contribution is -2.06. The Morgan fingerprint density at radius 1 is 1.19 bits per heavy atom. The number of aromatic nitrogens is 2. The van der Waals surface area contributed by atoms with Crippen molar-refractivity contribution in [3.05, 3.63) is 41.7 Å². The van der Waals surface area contributed by atoms with Crippen LogP contribution in [-0.4, -0.2) is 16.9 Å². The second-order valence-corrected chi connectivity index (χ2v) is 5.37. The molecule has 0 fully saturated rings. The molecule has 0 unspecified atom stereocenters. The van der Waals surface area contributed by atoms with Gasteiger partial charge >= 0.3 is 0 Å². The number of nitrogens with two attached hydrogens (primary N) is 1. The van der Waals surface area contributed by atoms with Crippen molar-refractivity contribution < 1.29 is 9.47 Å². The molecule has 0 aliphatic carbocycles. The third kappa shape index (κ3) is 3.76. The van der Waals surface area contributed by atoms with E-state index in [0.717, 1.165) is 11.3 Å². The molecule has 5 nitrogen and oxygen atoms in total. The Labute approximate surface area is 125 Å². The average Bonchev–Trinajstić information content (AvgIpc) is 2.93. The minimum atomic E-state index is -0.0327. The molecule has 0 radical (unpaired) electrons. The summed E-state index contributed by atoms with van der Waals surface area (Å²) in [7, 11) is 1.63. The molecular formula is C16H23N3O2. The van der Waals surface area contributed by atoms with Gasteiger partial charge in [0.2, 0.25) is 0 Å². The predicted octanol–water partition coefficient (Wildman–Crippen LogP) is 3.07. The molecule has 1 heterocycles. The van der Waals surface area contributed by atoms with E-state index in [2.05, 4.69) is 18.9 Å². The van der Waals surface area contributed by atoms with Gasteiger partial charge in [-0.25, -0.2) is 0 Å². The fourth-order valence-corrected chi connectivity index (χ4v) is 1.98. The minimum Gasteiger partial charge on any atom is -0.493 e. The van der Waals surface area contributed by atoms with E-state index >= 15 is 0 Å². The summed E-state index contributed by atoms with van der Waals surface area (Å²) in [6.45, 7) is 6.53. The molecule has 0 amide bonds. The van der Waals surface area contributed by atoms with Crippen LogP contribution in [0.5, 0.6) is 11.5 Å². The minimum absolute atomic E-state index is 0.0327. The summed E-state index contributed by atoms with van der Waals surface area (Å²) in [5.74, 6) is 1.38. The number of hydrogen-bond donors (Lipinski definition) is 1. The van der Waals surface area contributed by atoms with Crippen LogP contribution in [0.2, 0.25) is 0 Å². The van der Waals surface area contributed by atoms with Crippen molar-refractivity contribution in [2.75, 3.05) is 7.11 Å². The van der Waals surface area contributed by atoms with Gasteiger partial charge in [0.25, 0.3) is 0 Å². The van der Waals surface area contributed by atoms with Crippen molar-refractivity contribution in [2.45, 2.75) is 39.5 Å². The van der Waals surface area contributed by atoms with Gasteiger partial charge in [0.05, 0.1) is 12.8 Å². The zero-order chi connectivity index (χ0) is 15.4. The molecule has 114 valence electrons. The summed E-state index contributed by atoms with van der Waals surface area (Å²) in [6, 6.07) is 8.02. The van der Waals surface area contributed by atoms with Crippen LogP contribution in [0.1, 0.15) is 44.1 Å². The first-order chi connectivity index (χ1) is 10.0. The molecule has 1 aromatic heterocycles. The van der Waals surface area contributed by atoms with Crippen molar-refractivity contribution >= 4 is 0 Å². The van der Waals surface area contributed by atoms with Gasteiger partial charge in [-0.05, 0) is 44.5 Å². The average molecular weight is 289 g/mol. The second kappa shape index (κ2) is 6.63. The lowest BCUT2D eigenvalue weighted by molar-refractivity contribution is 0.278. The maximum Gasteiger partial charge on any atom is 0.161 e. The molecule has 2 rings (SSSR count). The van der Waals surface area contributed by atoms with Crippen LogP contribution in [-0.2, 0) is 6.61 Å². The Hall–Kier alpha value is -2.01. The molecule has 0 saturated carbocycles. The van der Waals surface area contributed by atoms with Gasteiger partial charge in [0, 0.05) is 18.3 Å². The van der Waals surface area contributed by atoms with E-state index in [4.69, 9.17) is 15.2 Å². The molecule has 21 heavy (non-hydrogen) atoms. The predicted molar refractivity (Wildman–Crippen MR) is 82.5 cm³/mol. The summed E-state index contributed by atoms with van der Waals surface area (Å²) in [5, 5.41) is 4.46. The van der Waals surface area contributed by atoms with Crippen LogP contribution >= 0.6 is 0 Å². The van der Waals surface area contributed by atoms with Crippen LogP contribution in [0.15, 0.2) is 30.5 Å². The third-order valence-corrected chi connectivity index (χ3v) is 3.28. The molecule has 0 saturated heterocycles. The fourth-order valence-electron chi connectivity index (χ4n) is 1.98. The van der Waals surface area contributed by atoms with Crippen LogP contribution in [0.4, 0.5) is 0 Å². The molecule has 0 aliphatic rings. The number of nitrogens with zero attached hydrogens (tertiary/aromatic N) is 2. The molecule has 2 aromatic rings. The van der Waals surface area contributed by atoms with Gasteiger partial charge in [-0.1, -0.05) is 6.07 Å². The Bertz CT molecular complexity index is 591. The number of hydrogen-bond acceptors (Lipinski definition) is 4. The van der Waals surface area contributed by atoms with E-state index in [1.165, 1.54) is 0 Å². The van der Waals surface area contributed by atoms with Crippen molar-refractivity contribution in [3.63, 3.8) is 0 Å². The van der Waals surface area contributed by atoms with Crippen molar-refractivity contribution in [3.8, 4) is 11.5 Å². The zero-order valence-electron chi connectivity index (χ0n) is 13.0. The van der Waals surface area contributed by atoms with Crippen LogP contribution in [0.25, 0.3) is 0 Å². The van der Waals surface area contributed by atoms with Gasteiger partial charge in [0.15, 0.2) is 11.5 Å². The summed E-state index contributed by atoms with van der Waals surface area (Å²) >= 11 is 0. The van der Waals surface area contributed by atoms with E-state index in [1.807, 2.05) is 42.1 Å². The highest BCUT2D eigenvalue weighted by Gasteiger charge is 2.09. The summed E-state index contributed by atoms with van der Waals surface area (Å²) in [6.07, 6.45) is 1.96. The van der Waals surface area contributed by atoms with Gasteiger partial charge in [-0.2, -0.15) is 5.10 Å². The first-order valence-electron chi connectivity index (χ1n) is 7.11. The van der Waals surface area contributed by atoms with E-state index in [-0.39, 0.29) is 6.04 Å². The Balaban J connectivity index is 2.08. The fraction of sp³-hybridized carbons (Fsp3) is 0.438. The molecule has 0 aliphatic heterocycles. The maximum atomic E-state index is 5.87. The highest BCUT2D eigenvalue weighted by atomic mass is 16.5. The van der Waals surface area contributed by atoms with Gasteiger partial charge in [-0.3, -0.25) is 4.68 Å². The standard InChI is InChI=1S/C16H23N3O2/c1-11(2)19-8-7-14(18-19)10-21-15-6-5-13(12(3)17)9-16(15)20-4/h5-9,11-12H,10,17H2,1-4H3/t12-/m1/s1. The molecule has 1 atom stereocenters. The van der Waals surface area contributed by atoms with E-state index in [9.17, 15) is 0 Å². The maximum absolute atomic E-state index is 5.87. The number of methoxy groups -OCH3 is 1. The Morgan fingerprint density at radius 2 is 1.95 bits per heavy atom. The molecule has 5 heteroatoms. The van der Waals surface area contributed by atoms with Crippen LogP contribution in [0.3, 0.4) is 0 Å². The largest absolute Gasteiger partial charge is 0.493 e. The van der Waals surface area contributed by atoms with Crippen molar-refractivity contribution in [1.82, 2.24) is 9.78 Å². The van der Waals surface area contributed by atoms with Crippen LogP contribution in [0, 0.1) is 0 Å². The Kier molecular flexibility index (Phi) is 4.85. The number of rotatable bonds is 6. The molecular weight excluding hydrogens is 266 g/mol. The third-order valence-electron chi connectivity index (χ3n) is 3.28. The lowest BCUT2D eigenvalue weighted by Gasteiger charge is -2.13. The first kappa shape index (κ1) is 15.4. The summed E-state index contributed by atoms with van der Waals surface area (Å²) in [5.41, 5.74) is 7.78. The van der Waals surface area contributed by atoms with E-state index in [1.54, 1.807) is 7.11 Å². The summed E-state index contributed by atoms with van der Waals surface area (Å²) in [4.78, 5) is 0. The zero-order valence-corrected chi connectivity index (χ0v) is 13.0. The molecule has 0 bridgehead atoms. The number of ether oxygens (including phenoxy) is 2. The quantitative estimate of drug-likeness (QED) is 0.887. The summed E-state index contributed by atoms with van der Waals surface area (Å²) < 4.78 is 13.1. The van der Waals surface area contributed by atoms with E-state index < -0.39 is 0 Å². The Morgan fingerprint density at radius 3 is 2.52 bits per heavy atom.